The van der Waals surface area contributed by atoms with Crippen LogP contribution in [-0.2, 0) is 14.8 Å². The molecule has 2 amide bonds. The van der Waals surface area contributed by atoms with E-state index in [1.807, 2.05) is 18.2 Å². The topological polar surface area (TPSA) is 86.8 Å². The maximum Gasteiger partial charge on any atom is 0.253 e. The zero-order valence-electron chi connectivity index (χ0n) is 16.6. The predicted molar refractivity (Wildman–Crippen MR) is 112 cm³/mol. The van der Waals surface area contributed by atoms with E-state index in [2.05, 4.69) is 11.9 Å². The van der Waals surface area contributed by atoms with E-state index in [0.29, 0.717) is 51.1 Å². The molecule has 0 aromatic heterocycles. The van der Waals surface area contributed by atoms with E-state index in [4.69, 9.17) is 0 Å². The molecule has 0 unspecified atom stereocenters. The highest BCUT2D eigenvalue weighted by atomic mass is 32.2. The first-order valence-electron chi connectivity index (χ1n) is 10.2. The van der Waals surface area contributed by atoms with Gasteiger partial charge in [-0.3, -0.25) is 9.59 Å². The van der Waals surface area contributed by atoms with Crippen molar-refractivity contribution in [2.45, 2.75) is 30.9 Å². The maximum atomic E-state index is 13.0. The van der Waals surface area contributed by atoms with Gasteiger partial charge in [-0.05, 0) is 49.8 Å². The number of carbonyl (C=O) groups is 2. The summed E-state index contributed by atoms with van der Waals surface area (Å²) in [6.45, 7) is 5.88. The second-order valence-corrected chi connectivity index (χ2v) is 9.91. The first kappa shape index (κ1) is 21.5. The molecule has 29 heavy (non-hydrogen) atoms. The molecule has 2 saturated heterocycles. The van der Waals surface area contributed by atoms with Crippen molar-refractivity contribution in [1.29, 1.82) is 0 Å². The minimum atomic E-state index is -3.37. The van der Waals surface area contributed by atoms with Crippen molar-refractivity contribution in [1.82, 2.24) is 14.5 Å². The lowest BCUT2D eigenvalue weighted by molar-refractivity contribution is -0.116. The molecule has 0 bridgehead atoms. The van der Waals surface area contributed by atoms with E-state index >= 15 is 0 Å². The predicted octanol–water partition coefficient (Wildman–Crippen LogP) is 1.64. The Morgan fingerprint density at radius 1 is 1.03 bits per heavy atom. The monoisotopic (exact) mass is 419 g/mol. The highest BCUT2D eigenvalue weighted by molar-refractivity contribution is 7.89. The number of nitrogens with zero attached hydrogens (tertiary/aromatic N) is 2. The number of sulfonamides is 1. The summed E-state index contributed by atoms with van der Waals surface area (Å²) in [6.07, 6.45) is 3.66. The van der Waals surface area contributed by atoms with E-state index in [-0.39, 0.29) is 17.7 Å². The van der Waals surface area contributed by atoms with Gasteiger partial charge >= 0.3 is 0 Å². The molecule has 0 radical (unpaired) electrons. The van der Waals surface area contributed by atoms with E-state index in [0.717, 1.165) is 12.8 Å². The lowest BCUT2D eigenvalue weighted by Gasteiger charge is -2.37. The number of benzene rings is 1. The molecule has 2 aliphatic rings. The van der Waals surface area contributed by atoms with E-state index in [1.165, 1.54) is 6.08 Å². The normalized spacial score (nSPS) is 19.7. The van der Waals surface area contributed by atoms with Gasteiger partial charge in [-0.2, -0.15) is 0 Å². The zero-order valence-corrected chi connectivity index (χ0v) is 17.4. The molecule has 1 aromatic carbocycles. The SMILES string of the molecule is C=CC(=O)NCC1CCN(S(=O)(=O)C2CCN(C(=O)c3ccccc3)CC2)CC1. The van der Waals surface area contributed by atoms with Crippen LogP contribution in [0.1, 0.15) is 36.0 Å². The van der Waals surface area contributed by atoms with Gasteiger partial charge in [-0.1, -0.05) is 24.8 Å². The number of likely N-dealkylation sites (tertiary alicyclic amines) is 1. The van der Waals surface area contributed by atoms with E-state index in [1.54, 1.807) is 21.3 Å². The van der Waals surface area contributed by atoms with Crippen LogP contribution in [0.15, 0.2) is 43.0 Å². The largest absolute Gasteiger partial charge is 0.352 e. The van der Waals surface area contributed by atoms with Gasteiger partial charge in [0.1, 0.15) is 0 Å². The van der Waals surface area contributed by atoms with Crippen LogP contribution in [0, 0.1) is 5.92 Å². The van der Waals surface area contributed by atoms with Gasteiger partial charge in [0.2, 0.25) is 15.9 Å². The summed E-state index contributed by atoms with van der Waals surface area (Å²) in [5.41, 5.74) is 0.638. The fourth-order valence-corrected chi connectivity index (χ4v) is 5.96. The number of hydrogen-bond donors (Lipinski definition) is 1. The van der Waals surface area contributed by atoms with Crippen LogP contribution in [-0.4, -0.2) is 67.4 Å². The van der Waals surface area contributed by atoms with Crippen molar-refractivity contribution in [3.05, 3.63) is 48.6 Å². The van der Waals surface area contributed by atoms with E-state index < -0.39 is 15.3 Å². The van der Waals surface area contributed by atoms with Crippen molar-refractivity contribution < 1.29 is 18.0 Å². The molecular weight excluding hydrogens is 390 g/mol. The Balaban J connectivity index is 1.49. The third-order valence-electron chi connectivity index (χ3n) is 5.85. The molecule has 0 atom stereocenters. The average molecular weight is 420 g/mol. The molecule has 0 spiro atoms. The van der Waals surface area contributed by atoms with Crippen LogP contribution < -0.4 is 5.32 Å². The lowest BCUT2D eigenvalue weighted by Crippen LogP contribution is -2.49. The Morgan fingerprint density at radius 3 is 2.24 bits per heavy atom. The van der Waals surface area contributed by atoms with Crippen LogP contribution in [0.25, 0.3) is 0 Å². The number of carbonyl (C=O) groups excluding carboxylic acids is 2. The molecule has 2 aliphatic heterocycles. The smallest absolute Gasteiger partial charge is 0.253 e. The van der Waals surface area contributed by atoms with Crippen molar-refractivity contribution in [3.8, 4) is 0 Å². The standard InChI is InChI=1S/C21H29N3O4S/c1-2-20(25)22-16-17-8-14-24(15-9-17)29(27,28)19-10-12-23(13-11-19)21(26)18-6-4-3-5-7-18/h2-7,17,19H,1,8-16H2,(H,22,25). The minimum Gasteiger partial charge on any atom is -0.352 e. The third-order valence-corrected chi connectivity index (χ3v) is 8.25. The van der Waals surface area contributed by atoms with Crippen LogP contribution in [0.2, 0.25) is 0 Å². The van der Waals surface area contributed by atoms with Crippen LogP contribution >= 0.6 is 0 Å². The van der Waals surface area contributed by atoms with Crippen molar-refractivity contribution in [2.75, 3.05) is 32.7 Å². The summed E-state index contributed by atoms with van der Waals surface area (Å²) in [5.74, 6) is 0.0522. The van der Waals surface area contributed by atoms with Crippen molar-refractivity contribution >= 4 is 21.8 Å². The maximum absolute atomic E-state index is 13.0. The second-order valence-electron chi connectivity index (χ2n) is 7.69. The molecule has 3 rings (SSSR count). The van der Waals surface area contributed by atoms with Gasteiger partial charge in [-0.15, -0.1) is 0 Å². The van der Waals surface area contributed by atoms with Gasteiger partial charge < -0.3 is 10.2 Å². The number of amides is 2. The van der Waals surface area contributed by atoms with E-state index in [9.17, 15) is 18.0 Å². The molecule has 8 heteroatoms. The molecule has 7 nitrogen and oxygen atoms in total. The van der Waals surface area contributed by atoms with Crippen molar-refractivity contribution in [2.24, 2.45) is 5.92 Å². The Bertz CT molecular complexity index is 825. The highest BCUT2D eigenvalue weighted by Crippen LogP contribution is 2.26. The molecular formula is C21H29N3O4S. The van der Waals surface area contributed by atoms with Gasteiger partial charge in [0, 0.05) is 38.3 Å². The fraction of sp³-hybridized carbons (Fsp3) is 0.524. The van der Waals surface area contributed by atoms with Crippen LogP contribution in [0.3, 0.4) is 0 Å². The van der Waals surface area contributed by atoms with Gasteiger partial charge in [0.25, 0.3) is 5.91 Å². The first-order chi connectivity index (χ1) is 13.9. The molecule has 2 fully saturated rings. The van der Waals surface area contributed by atoms with Gasteiger partial charge in [0.05, 0.1) is 5.25 Å². The zero-order chi connectivity index (χ0) is 20.9. The molecule has 0 aliphatic carbocycles. The summed E-state index contributed by atoms with van der Waals surface area (Å²) >= 11 is 0. The molecule has 2 heterocycles. The fourth-order valence-electron chi connectivity index (χ4n) is 4.02. The lowest BCUT2D eigenvalue weighted by atomic mass is 9.98. The van der Waals surface area contributed by atoms with Crippen LogP contribution in [0.5, 0.6) is 0 Å². The number of nitrogens with one attached hydrogen (secondary N) is 1. The Hall–Kier alpha value is -2.19. The number of hydrogen-bond acceptors (Lipinski definition) is 4. The summed E-state index contributed by atoms with van der Waals surface area (Å²) in [6, 6.07) is 9.10. The van der Waals surface area contributed by atoms with Gasteiger partial charge in [-0.25, -0.2) is 12.7 Å². The second kappa shape index (κ2) is 9.54. The summed E-state index contributed by atoms with van der Waals surface area (Å²) in [5, 5.41) is 2.35. The molecule has 1 aromatic rings. The molecule has 158 valence electrons. The minimum absolute atomic E-state index is 0.0381. The summed E-state index contributed by atoms with van der Waals surface area (Å²) < 4.78 is 27.7. The quantitative estimate of drug-likeness (QED) is 0.710. The average Bonchev–Trinajstić information content (AvgIpc) is 2.78. The summed E-state index contributed by atoms with van der Waals surface area (Å²) in [7, 11) is -3.37. The third kappa shape index (κ3) is 5.25. The van der Waals surface area contributed by atoms with Gasteiger partial charge in [0.15, 0.2) is 0 Å². The summed E-state index contributed by atoms with van der Waals surface area (Å²) in [4.78, 5) is 25.6. The van der Waals surface area contributed by atoms with Crippen LogP contribution in [0.4, 0.5) is 0 Å². The number of piperidine rings is 2. The Kier molecular flexibility index (Phi) is 7.08. The Morgan fingerprint density at radius 2 is 1.66 bits per heavy atom. The Labute approximate surface area is 172 Å². The number of rotatable bonds is 6. The first-order valence-corrected chi connectivity index (χ1v) is 11.7. The van der Waals surface area contributed by atoms with Crippen molar-refractivity contribution in [3.63, 3.8) is 0 Å². The molecule has 1 N–H and O–H groups in total. The molecule has 0 saturated carbocycles. The highest BCUT2D eigenvalue weighted by Gasteiger charge is 2.37.